The second-order valence-corrected chi connectivity index (χ2v) is 5.37. The van der Waals surface area contributed by atoms with Crippen molar-refractivity contribution < 1.29 is 4.42 Å². The lowest BCUT2D eigenvalue weighted by Gasteiger charge is -2.32. The molecule has 2 unspecified atom stereocenters. The third kappa shape index (κ3) is 4.17. The first-order chi connectivity index (χ1) is 8.24. The van der Waals surface area contributed by atoms with Crippen LogP contribution < -0.4 is 5.32 Å². The number of furan rings is 1. The zero-order chi connectivity index (χ0) is 12.1. The number of piperidine rings is 1. The van der Waals surface area contributed by atoms with Crippen LogP contribution in [-0.2, 0) is 6.54 Å². The summed E-state index contributed by atoms with van der Waals surface area (Å²) in [4.78, 5) is 2.58. The van der Waals surface area contributed by atoms with E-state index in [-0.39, 0.29) is 0 Å². The van der Waals surface area contributed by atoms with E-state index in [9.17, 15) is 0 Å². The quantitative estimate of drug-likeness (QED) is 0.851. The minimum atomic E-state index is 0.519. The van der Waals surface area contributed by atoms with E-state index in [0.717, 1.165) is 24.8 Å². The third-order valence-electron chi connectivity index (χ3n) is 3.48. The molecule has 0 saturated carbocycles. The Balaban J connectivity index is 1.67. The van der Waals surface area contributed by atoms with E-state index in [1.165, 1.54) is 25.9 Å². The summed E-state index contributed by atoms with van der Waals surface area (Å²) in [5.41, 5.74) is 0. The van der Waals surface area contributed by atoms with Crippen molar-refractivity contribution in [2.45, 2.75) is 39.3 Å². The minimum absolute atomic E-state index is 0.519. The zero-order valence-electron chi connectivity index (χ0n) is 11.0. The highest BCUT2D eigenvalue weighted by Crippen LogP contribution is 2.15. The molecule has 1 aliphatic heterocycles. The van der Waals surface area contributed by atoms with E-state index in [1.54, 1.807) is 6.26 Å². The van der Waals surface area contributed by atoms with Crippen LogP contribution in [0.5, 0.6) is 0 Å². The van der Waals surface area contributed by atoms with Gasteiger partial charge < -0.3 is 14.6 Å². The van der Waals surface area contributed by atoms with Crippen molar-refractivity contribution in [1.82, 2.24) is 10.2 Å². The van der Waals surface area contributed by atoms with E-state index in [4.69, 9.17) is 4.42 Å². The molecule has 96 valence electrons. The van der Waals surface area contributed by atoms with Crippen LogP contribution in [0.4, 0.5) is 0 Å². The Labute approximate surface area is 104 Å². The summed E-state index contributed by atoms with van der Waals surface area (Å²) in [5.74, 6) is 1.88. The SMILES string of the molecule is CC1CCCN(CC(C)NCc2ccco2)C1. The van der Waals surface area contributed by atoms with Crippen molar-refractivity contribution in [1.29, 1.82) is 0 Å². The van der Waals surface area contributed by atoms with Crippen molar-refractivity contribution in [3.63, 3.8) is 0 Å². The molecule has 0 aliphatic carbocycles. The fraction of sp³-hybridized carbons (Fsp3) is 0.714. The van der Waals surface area contributed by atoms with Crippen LogP contribution in [0.1, 0.15) is 32.4 Å². The van der Waals surface area contributed by atoms with E-state index in [1.807, 2.05) is 12.1 Å². The number of rotatable bonds is 5. The van der Waals surface area contributed by atoms with Gasteiger partial charge in [-0.05, 0) is 44.4 Å². The van der Waals surface area contributed by atoms with Crippen molar-refractivity contribution in [2.75, 3.05) is 19.6 Å². The molecule has 1 aromatic heterocycles. The van der Waals surface area contributed by atoms with E-state index in [0.29, 0.717) is 6.04 Å². The van der Waals surface area contributed by atoms with Crippen molar-refractivity contribution in [2.24, 2.45) is 5.92 Å². The van der Waals surface area contributed by atoms with Crippen LogP contribution in [-0.4, -0.2) is 30.6 Å². The van der Waals surface area contributed by atoms with Gasteiger partial charge in [-0.25, -0.2) is 0 Å². The molecule has 0 radical (unpaired) electrons. The van der Waals surface area contributed by atoms with Gasteiger partial charge in [-0.15, -0.1) is 0 Å². The van der Waals surface area contributed by atoms with Crippen LogP contribution in [0.25, 0.3) is 0 Å². The van der Waals surface area contributed by atoms with E-state index in [2.05, 4.69) is 24.1 Å². The zero-order valence-corrected chi connectivity index (χ0v) is 11.0. The summed E-state index contributed by atoms with van der Waals surface area (Å²) in [6.07, 6.45) is 4.48. The maximum atomic E-state index is 5.31. The van der Waals surface area contributed by atoms with Crippen LogP contribution in [0.3, 0.4) is 0 Å². The fourth-order valence-corrected chi connectivity index (χ4v) is 2.59. The molecule has 1 N–H and O–H groups in total. The Morgan fingerprint density at radius 3 is 3.18 bits per heavy atom. The summed E-state index contributed by atoms with van der Waals surface area (Å²) < 4.78 is 5.31. The highest BCUT2D eigenvalue weighted by atomic mass is 16.3. The summed E-state index contributed by atoms with van der Waals surface area (Å²) in [5, 5.41) is 3.51. The first kappa shape index (κ1) is 12.7. The van der Waals surface area contributed by atoms with E-state index < -0.39 is 0 Å². The van der Waals surface area contributed by atoms with Gasteiger partial charge in [0.25, 0.3) is 0 Å². The number of likely N-dealkylation sites (tertiary alicyclic amines) is 1. The maximum absolute atomic E-state index is 5.31. The molecular weight excluding hydrogens is 212 g/mol. The lowest BCUT2D eigenvalue weighted by molar-refractivity contribution is 0.169. The summed E-state index contributed by atoms with van der Waals surface area (Å²) in [6.45, 7) is 9.10. The minimum Gasteiger partial charge on any atom is -0.468 e. The molecule has 0 spiro atoms. The van der Waals surface area contributed by atoms with Gasteiger partial charge in [0, 0.05) is 19.1 Å². The Kier molecular flexibility index (Phi) is 4.63. The predicted molar refractivity (Wildman–Crippen MR) is 69.8 cm³/mol. The fourth-order valence-electron chi connectivity index (χ4n) is 2.59. The number of nitrogens with zero attached hydrogens (tertiary/aromatic N) is 1. The Hall–Kier alpha value is -0.800. The van der Waals surface area contributed by atoms with Gasteiger partial charge in [0.1, 0.15) is 5.76 Å². The first-order valence-corrected chi connectivity index (χ1v) is 6.72. The topological polar surface area (TPSA) is 28.4 Å². The molecule has 0 bridgehead atoms. The third-order valence-corrected chi connectivity index (χ3v) is 3.48. The van der Waals surface area contributed by atoms with Gasteiger partial charge in [-0.1, -0.05) is 6.92 Å². The number of nitrogens with one attached hydrogen (secondary N) is 1. The number of hydrogen-bond acceptors (Lipinski definition) is 3. The lowest BCUT2D eigenvalue weighted by Crippen LogP contribution is -2.43. The number of hydrogen-bond donors (Lipinski definition) is 1. The normalized spacial score (nSPS) is 23.8. The van der Waals surface area contributed by atoms with E-state index >= 15 is 0 Å². The van der Waals surface area contributed by atoms with Crippen LogP contribution in [0.15, 0.2) is 22.8 Å². The first-order valence-electron chi connectivity index (χ1n) is 6.72. The van der Waals surface area contributed by atoms with Crippen molar-refractivity contribution in [3.8, 4) is 0 Å². The summed E-state index contributed by atoms with van der Waals surface area (Å²) >= 11 is 0. The molecule has 2 atom stereocenters. The summed E-state index contributed by atoms with van der Waals surface area (Å²) in [6, 6.07) is 4.47. The molecule has 1 saturated heterocycles. The average molecular weight is 236 g/mol. The van der Waals surface area contributed by atoms with Crippen molar-refractivity contribution in [3.05, 3.63) is 24.2 Å². The Bertz CT molecular complexity index is 310. The molecule has 1 aliphatic rings. The van der Waals surface area contributed by atoms with Crippen LogP contribution in [0.2, 0.25) is 0 Å². The Morgan fingerprint density at radius 2 is 2.47 bits per heavy atom. The van der Waals surface area contributed by atoms with Crippen LogP contribution >= 0.6 is 0 Å². The molecular formula is C14H24N2O. The average Bonchev–Trinajstić information content (AvgIpc) is 2.79. The molecule has 0 aromatic carbocycles. The van der Waals surface area contributed by atoms with Crippen molar-refractivity contribution >= 4 is 0 Å². The molecule has 2 heterocycles. The molecule has 1 aromatic rings. The monoisotopic (exact) mass is 236 g/mol. The second-order valence-electron chi connectivity index (χ2n) is 5.37. The highest BCUT2D eigenvalue weighted by Gasteiger charge is 2.17. The largest absolute Gasteiger partial charge is 0.468 e. The van der Waals surface area contributed by atoms with Gasteiger partial charge in [0.15, 0.2) is 0 Å². The van der Waals surface area contributed by atoms with Gasteiger partial charge in [0.2, 0.25) is 0 Å². The molecule has 3 heteroatoms. The highest BCUT2D eigenvalue weighted by molar-refractivity contribution is 4.97. The lowest BCUT2D eigenvalue weighted by atomic mass is 10.00. The van der Waals surface area contributed by atoms with Gasteiger partial charge in [0.05, 0.1) is 12.8 Å². The molecule has 1 fully saturated rings. The van der Waals surface area contributed by atoms with Crippen LogP contribution in [0, 0.1) is 5.92 Å². The summed E-state index contributed by atoms with van der Waals surface area (Å²) in [7, 11) is 0. The molecule has 17 heavy (non-hydrogen) atoms. The molecule has 0 amide bonds. The second kappa shape index (κ2) is 6.22. The smallest absolute Gasteiger partial charge is 0.117 e. The maximum Gasteiger partial charge on any atom is 0.117 e. The molecule has 3 nitrogen and oxygen atoms in total. The van der Waals surface area contributed by atoms with Gasteiger partial charge in [-0.2, -0.15) is 0 Å². The standard InChI is InChI=1S/C14H24N2O/c1-12-5-3-7-16(10-12)11-13(2)15-9-14-6-4-8-17-14/h4,6,8,12-13,15H,3,5,7,9-11H2,1-2H3. The Morgan fingerprint density at radius 1 is 1.59 bits per heavy atom. The van der Waals surface area contributed by atoms with Gasteiger partial charge >= 0.3 is 0 Å². The molecule has 2 rings (SSSR count). The predicted octanol–water partition coefficient (Wildman–Crippen LogP) is 2.49. The van der Waals surface area contributed by atoms with Gasteiger partial charge in [-0.3, -0.25) is 0 Å².